The molecule has 0 spiro atoms. The molecule has 1 N–H and O–H groups in total. The van der Waals surface area contributed by atoms with Crippen molar-refractivity contribution < 1.29 is 5.11 Å². The van der Waals surface area contributed by atoms with Gasteiger partial charge in [0.25, 0.3) is 0 Å². The second-order valence-electron chi connectivity index (χ2n) is 2.96. The fraction of sp³-hybridized carbons (Fsp3) is 0.182. The van der Waals surface area contributed by atoms with Gasteiger partial charge in [0.2, 0.25) is 0 Å². The topological polar surface area (TPSA) is 32.6 Å². The number of aryl methyl sites for hydroxylation is 2. The van der Waals surface area contributed by atoms with Gasteiger partial charge in [0.15, 0.2) is 0 Å². The minimum absolute atomic E-state index is 0.302. The summed E-state index contributed by atoms with van der Waals surface area (Å²) >= 11 is 0. The maximum Gasteiger partial charge on any atom is 0.119 e. The highest BCUT2D eigenvalue weighted by atomic mass is 16.3. The standard InChI is InChI=1S/C11H13NO/c1-4-12-7-10-6-11(13)9(3)5-8(10)2/h4-7,13H,1H2,2-3H3/b12-7-. The molecule has 0 saturated heterocycles. The molecule has 0 radical (unpaired) electrons. The lowest BCUT2D eigenvalue weighted by Crippen LogP contribution is -1.88. The van der Waals surface area contributed by atoms with Gasteiger partial charge < -0.3 is 5.11 Å². The zero-order chi connectivity index (χ0) is 9.84. The fourth-order valence-corrected chi connectivity index (χ4v) is 1.13. The van der Waals surface area contributed by atoms with Gasteiger partial charge in [0.05, 0.1) is 0 Å². The van der Waals surface area contributed by atoms with E-state index in [1.54, 1.807) is 12.3 Å². The lowest BCUT2D eigenvalue weighted by atomic mass is 10.1. The fourth-order valence-electron chi connectivity index (χ4n) is 1.13. The predicted molar refractivity (Wildman–Crippen MR) is 55.4 cm³/mol. The molecule has 0 aliphatic rings. The van der Waals surface area contributed by atoms with Crippen LogP contribution in [0.1, 0.15) is 16.7 Å². The molecule has 0 aliphatic carbocycles. The molecule has 0 amide bonds. The highest BCUT2D eigenvalue weighted by Gasteiger charge is 2.00. The van der Waals surface area contributed by atoms with Gasteiger partial charge in [-0.15, -0.1) is 0 Å². The van der Waals surface area contributed by atoms with Crippen LogP contribution in [0.3, 0.4) is 0 Å². The molecule has 0 heterocycles. The summed E-state index contributed by atoms with van der Waals surface area (Å²) in [6, 6.07) is 3.64. The van der Waals surface area contributed by atoms with E-state index >= 15 is 0 Å². The Morgan fingerprint density at radius 3 is 2.62 bits per heavy atom. The van der Waals surface area contributed by atoms with Crippen LogP contribution < -0.4 is 0 Å². The van der Waals surface area contributed by atoms with E-state index in [4.69, 9.17) is 0 Å². The van der Waals surface area contributed by atoms with Gasteiger partial charge in [-0.1, -0.05) is 12.6 Å². The maximum absolute atomic E-state index is 9.44. The number of hydrogen-bond donors (Lipinski definition) is 1. The smallest absolute Gasteiger partial charge is 0.119 e. The number of nitrogens with zero attached hydrogens (tertiary/aromatic N) is 1. The van der Waals surface area contributed by atoms with Crippen LogP contribution in [0.4, 0.5) is 0 Å². The van der Waals surface area contributed by atoms with E-state index < -0.39 is 0 Å². The summed E-state index contributed by atoms with van der Waals surface area (Å²) in [4.78, 5) is 3.90. The Morgan fingerprint density at radius 2 is 2.00 bits per heavy atom. The number of aliphatic imine (C=N–C) groups is 1. The van der Waals surface area contributed by atoms with Crippen molar-refractivity contribution >= 4 is 6.21 Å². The zero-order valence-corrected chi connectivity index (χ0v) is 7.91. The second-order valence-corrected chi connectivity index (χ2v) is 2.96. The van der Waals surface area contributed by atoms with Crippen LogP contribution in [0.15, 0.2) is 29.9 Å². The molecule has 2 nitrogen and oxygen atoms in total. The Kier molecular flexibility index (Phi) is 2.85. The van der Waals surface area contributed by atoms with Gasteiger partial charge in [0, 0.05) is 12.4 Å². The summed E-state index contributed by atoms with van der Waals surface area (Å²) in [6.07, 6.45) is 3.15. The lowest BCUT2D eigenvalue weighted by Gasteiger charge is -2.03. The molecule has 1 rings (SSSR count). The minimum Gasteiger partial charge on any atom is -0.508 e. The summed E-state index contributed by atoms with van der Waals surface area (Å²) in [6.45, 7) is 7.34. The van der Waals surface area contributed by atoms with Gasteiger partial charge in [-0.05, 0) is 36.6 Å². The molecule has 1 aromatic carbocycles. The third-order valence-corrected chi connectivity index (χ3v) is 1.90. The summed E-state index contributed by atoms with van der Waals surface area (Å²) in [5.74, 6) is 0.302. The van der Waals surface area contributed by atoms with Crippen molar-refractivity contribution in [3.05, 3.63) is 41.6 Å². The molecule has 1 aromatic rings. The molecule has 0 unspecified atom stereocenters. The Bertz CT molecular complexity index is 353. The maximum atomic E-state index is 9.44. The molecule has 0 aliphatic heterocycles. The summed E-state index contributed by atoms with van der Waals surface area (Å²) in [5.41, 5.74) is 2.90. The molecule has 68 valence electrons. The Balaban J connectivity index is 3.15. The van der Waals surface area contributed by atoms with E-state index in [0.29, 0.717) is 5.75 Å². The second kappa shape index (κ2) is 3.90. The number of hydrogen-bond acceptors (Lipinski definition) is 2. The van der Waals surface area contributed by atoms with Crippen molar-refractivity contribution in [2.45, 2.75) is 13.8 Å². The molecule has 2 heteroatoms. The molecular weight excluding hydrogens is 162 g/mol. The van der Waals surface area contributed by atoms with Crippen LogP contribution in [0.5, 0.6) is 5.75 Å². The van der Waals surface area contributed by atoms with Gasteiger partial charge >= 0.3 is 0 Å². The van der Waals surface area contributed by atoms with Gasteiger partial charge in [0.1, 0.15) is 5.75 Å². The number of phenols is 1. The molecule has 0 atom stereocenters. The highest BCUT2D eigenvalue weighted by Crippen LogP contribution is 2.19. The first-order chi connectivity index (χ1) is 6.15. The van der Waals surface area contributed by atoms with Crippen LogP contribution in [0.2, 0.25) is 0 Å². The third-order valence-electron chi connectivity index (χ3n) is 1.90. The van der Waals surface area contributed by atoms with Crippen LogP contribution in [-0.2, 0) is 0 Å². The normalized spacial score (nSPS) is 10.6. The van der Waals surface area contributed by atoms with Crippen molar-refractivity contribution in [2.24, 2.45) is 4.99 Å². The molecule has 0 bridgehead atoms. The molecule has 13 heavy (non-hydrogen) atoms. The molecule has 0 fully saturated rings. The quantitative estimate of drug-likeness (QED) is 0.688. The van der Waals surface area contributed by atoms with Crippen molar-refractivity contribution in [2.75, 3.05) is 0 Å². The number of rotatable bonds is 2. The van der Waals surface area contributed by atoms with Crippen LogP contribution in [0, 0.1) is 13.8 Å². The van der Waals surface area contributed by atoms with Crippen LogP contribution in [-0.4, -0.2) is 11.3 Å². The van der Waals surface area contributed by atoms with E-state index in [2.05, 4.69) is 11.6 Å². The summed E-state index contributed by atoms with van der Waals surface area (Å²) in [7, 11) is 0. The first-order valence-corrected chi connectivity index (χ1v) is 4.09. The van der Waals surface area contributed by atoms with E-state index in [1.807, 2.05) is 19.9 Å². The first kappa shape index (κ1) is 9.52. The lowest BCUT2D eigenvalue weighted by molar-refractivity contribution is 0.471. The predicted octanol–water partition coefficient (Wildman–Crippen LogP) is 2.57. The highest BCUT2D eigenvalue weighted by molar-refractivity contribution is 5.83. The third kappa shape index (κ3) is 2.18. The Hall–Kier alpha value is -1.57. The average molecular weight is 175 g/mol. The summed E-state index contributed by atoms with van der Waals surface area (Å²) < 4.78 is 0. The largest absolute Gasteiger partial charge is 0.508 e. The monoisotopic (exact) mass is 175 g/mol. The Labute approximate surface area is 78.3 Å². The zero-order valence-electron chi connectivity index (χ0n) is 7.91. The first-order valence-electron chi connectivity index (χ1n) is 4.09. The molecule has 0 saturated carbocycles. The minimum atomic E-state index is 0.302. The SMILES string of the molecule is C=C/N=C\c1cc(O)c(C)cc1C. The van der Waals surface area contributed by atoms with Crippen molar-refractivity contribution in [1.29, 1.82) is 0 Å². The van der Waals surface area contributed by atoms with E-state index in [0.717, 1.165) is 16.7 Å². The average Bonchev–Trinajstić information content (AvgIpc) is 2.09. The number of aromatic hydroxyl groups is 1. The van der Waals surface area contributed by atoms with E-state index in [1.165, 1.54) is 6.20 Å². The van der Waals surface area contributed by atoms with Gasteiger partial charge in [-0.2, -0.15) is 0 Å². The van der Waals surface area contributed by atoms with E-state index in [-0.39, 0.29) is 0 Å². The van der Waals surface area contributed by atoms with Crippen LogP contribution in [0.25, 0.3) is 0 Å². The van der Waals surface area contributed by atoms with Crippen molar-refractivity contribution in [3.63, 3.8) is 0 Å². The number of phenolic OH excluding ortho intramolecular Hbond substituents is 1. The van der Waals surface area contributed by atoms with Crippen molar-refractivity contribution in [1.82, 2.24) is 0 Å². The van der Waals surface area contributed by atoms with Gasteiger partial charge in [-0.3, -0.25) is 4.99 Å². The molecular formula is C11H13NO. The molecule has 0 aromatic heterocycles. The van der Waals surface area contributed by atoms with Crippen LogP contribution >= 0.6 is 0 Å². The number of benzene rings is 1. The van der Waals surface area contributed by atoms with Crippen molar-refractivity contribution in [3.8, 4) is 5.75 Å². The summed E-state index contributed by atoms with van der Waals surface area (Å²) in [5, 5.41) is 9.44. The van der Waals surface area contributed by atoms with E-state index in [9.17, 15) is 5.11 Å². The van der Waals surface area contributed by atoms with Gasteiger partial charge in [-0.25, -0.2) is 0 Å². The Morgan fingerprint density at radius 1 is 1.31 bits per heavy atom.